The van der Waals surface area contributed by atoms with E-state index in [9.17, 15) is 0 Å². The lowest BCUT2D eigenvalue weighted by atomic mass is 10.2. The second-order valence-electron chi connectivity index (χ2n) is 4.24. The van der Waals surface area contributed by atoms with Gasteiger partial charge in [-0.05, 0) is 53.9 Å². The number of nitrogens with one attached hydrogen (secondary N) is 1. The summed E-state index contributed by atoms with van der Waals surface area (Å²) in [5.74, 6) is 0. The van der Waals surface area contributed by atoms with Crippen molar-refractivity contribution in [1.29, 1.82) is 0 Å². The molecule has 3 N–H and O–H groups in total. The smallest absolute Gasteiger partial charge is 0.105 e. The zero-order chi connectivity index (χ0) is 11.1. The van der Waals surface area contributed by atoms with Crippen molar-refractivity contribution < 1.29 is 0 Å². The Morgan fingerprint density at radius 3 is 2.67 bits per heavy atom. The molecule has 15 heavy (non-hydrogen) atoms. The summed E-state index contributed by atoms with van der Waals surface area (Å²) in [6.45, 7) is 2.22. The third-order valence-electron chi connectivity index (χ3n) is 2.68. The predicted molar refractivity (Wildman–Crippen MR) is 71.3 cm³/mol. The van der Waals surface area contributed by atoms with E-state index in [4.69, 9.17) is 18.0 Å². The van der Waals surface area contributed by atoms with Crippen molar-refractivity contribution in [3.8, 4) is 0 Å². The molecule has 0 aromatic heterocycles. The minimum atomic E-state index is 0.296. The summed E-state index contributed by atoms with van der Waals surface area (Å²) < 4.78 is 0.948. The Morgan fingerprint density at radius 2 is 2.20 bits per heavy atom. The first-order valence-electron chi connectivity index (χ1n) is 4.88. The molecule has 2 nitrogen and oxygen atoms in total. The Bertz CT molecular complexity index is 413. The van der Waals surface area contributed by atoms with E-state index in [0.29, 0.717) is 10.5 Å². The molecular weight excluding hydrogens is 272 g/mol. The molecule has 0 unspecified atom stereocenters. The summed E-state index contributed by atoms with van der Waals surface area (Å²) in [6.07, 6.45) is 2.48. The number of nitrogens with two attached hydrogens (primary N) is 1. The van der Waals surface area contributed by atoms with E-state index in [2.05, 4.69) is 28.2 Å². The van der Waals surface area contributed by atoms with Gasteiger partial charge >= 0.3 is 0 Å². The topological polar surface area (TPSA) is 38.0 Å². The van der Waals surface area contributed by atoms with Crippen molar-refractivity contribution >= 4 is 38.8 Å². The van der Waals surface area contributed by atoms with E-state index < -0.39 is 0 Å². The highest BCUT2D eigenvalue weighted by atomic mass is 79.9. The van der Waals surface area contributed by atoms with Crippen LogP contribution in [0.25, 0.3) is 0 Å². The van der Waals surface area contributed by atoms with Gasteiger partial charge in [-0.15, -0.1) is 0 Å². The number of hydrogen-bond donors (Lipinski definition) is 2. The molecular formula is C11H13BrN2S. The molecule has 0 saturated heterocycles. The maximum absolute atomic E-state index is 5.59. The Hall–Kier alpha value is -0.610. The molecule has 1 saturated carbocycles. The fourth-order valence-corrected chi connectivity index (χ4v) is 2.36. The largest absolute Gasteiger partial charge is 0.389 e. The molecule has 1 aromatic rings. The number of hydrogen-bond acceptors (Lipinski definition) is 2. The highest BCUT2D eigenvalue weighted by Gasteiger charge is 2.36. The lowest BCUT2D eigenvalue weighted by Crippen LogP contribution is -2.16. The first-order valence-corrected chi connectivity index (χ1v) is 6.08. The van der Waals surface area contributed by atoms with Gasteiger partial charge in [-0.3, -0.25) is 0 Å². The number of rotatable bonds is 3. The SMILES string of the molecule is CC1(Nc2ccc(C(N)=S)c(Br)c2)CC1. The molecule has 0 bridgehead atoms. The highest BCUT2D eigenvalue weighted by Crippen LogP contribution is 2.38. The standard InChI is InChI=1S/C11H13BrN2S/c1-11(4-5-11)14-7-2-3-8(10(13)15)9(12)6-7/h2-3,6,14H,4-5H2,1H3,(H2,13,15). The van der Waals surface area contributed by atoms with Crippen LogP contribution in [0.3, 0.4) is 0 Å². The van der Waals surface area contributed by atoms with Crippen LogP contribution in [0.15, 0.2) is 22.7 Å². The van der Waals surface area contributed by atoms with Crippen molar-refractivity contribution in [3.63, 3.8) is 0 Å². The van der Waals surface area contributed by atoms with Gasteiger partial charge in [-0.25, -0.2) is 0 Å². The molecule has 80 valence electrons. The van der Waals surface area contributed by atoms with Gasteiger partial charge in [0.2, 0.25) is 0 Å². The summed E-state index contributed by atoms with van der Waals surface area (Å²) >= 11 is 8.41. The minimum Gasteiger partial charge on any atom is -0.389 e. The fourth-order valence-electron chi connectivity index (χ4n) is 1.45. The molecule has 0 amide bonds. The molecule has 0 aliphatic heterocycles. The van der Waals surface area contributed by atoms with E-state index in [1.807, 2.05) is 18.2 Å². The molecule has 0 radical (unpaired) electrons. The molecule has 2 rings (SSSR count). The molecule has 4 heteroatoms. The minimum absolute atomic E-state index is 0.296. The van der Waals surface area contributed by atoms with Crippen molar-refractivity contribution in [3.05, 3.63) is 28.2 Å². The zero-order valence-electron chi connectivity index (χ0n) is 8.51. The molecule has 1 aliphatic carbocycles. The van der Waals surface area contributed by atoms with Crippen LogP contribution in [0.1, 0.15) is 25.3 Å². The average Bonchev–Trinajstić information content (AvgIpc) is 2.82. The van der Waals surface area contributed by atoms with Gasteiger partial charge in [-0.1, -0.05) is 12.2 Å². The van der Waals surface area contributed by atoms with Crippen LogP contribution >= 0.6 is 28.1 Å². The van der Waals surface area contributed by atoms with Gasteiger partial charge in [0.05, 0.1) is 0 Å². The first kappa shape index (κ1) is 10.9. The first-order chi connectivity index (χ1) is 7.00. The van der Waals surface area contributed by atoms with Crippen LogP contribution in [0.2, 0.25) is 0 Å². The van der Waals surface area contributed by atoms with E-state index in [1.165, 1.54) is 12.8 Å². The summed E-state index contributed by atoms with van der Waals surface area (Å²) in [4.78, 5) is 0.422. The average molecular weight is 285 g/mol. The molecule has 0 spiro atoms. The van der Waals surface area contributed by atoms with E-state index in [-0.39, 0.29) is 0 Å². The number of halogens is 1. The van der Waals surface area contributed by atoms with Crippen molar-refractivity contribution in [1.82, 2.24) is 0 Å². The lowest BCUT2D eigenvalue weighted by molar-refractivity contribution is 0.829. The van der Waals surface area contributed by atoms with Crippen LogP contribution < -0.4 is 11.1 Å². The maximum atomic E-state index is 5.59. The lowest BCUT2D eigenvalue weighted by Gasteiger charge is -2.14. The number of anilines is 1. The van der Waals surface area contributed by atoms with Gasteiger partial charge < -0.3 is 11.1 Å². The van der Waals surface area contributed by atoms with E-state index in [1.54, 1.807) is 0 Å². The third-order valence-corrected chi connectivity index (χ3v) is 3.56. The summed E-state index contributed by atoms with van der Waals surface area (Å²) in [5, 5.41) is 3.49. The molecule has 1 aromatic carbocycles. The van der Waals surface area contributed by atoms with Gasteiger partial charge in [0.1, 0.15) is 4.99 Å². The second-order valence-corrected chi connectivity index (χ2v) is 5.54. The highest BCUT2D eigenvalue weighted by molar-refractivity contribution is 9.10. The van der Waals surface area contributed by atoms with Crippen LogP contribution in [-0.2, 0) is 0 Å². The van der Waals surface area contributed by atoms with Gasteiger partial charge in [0.25, 0.3) is 0 Å². The van der Waals surface area contributed by atoms with Gasteiger partial charge in [0, 0.05) is 21.3 Å². The number of thiocarbonyl (C=S) groups is 1. The maximum Gasteiger partial charge on any atom is 0.105 e. The van der Waals surface area contributed by atoms with Crippen LogP contribution in [0, 0.1) is 0 Å². The molecule has 1 aliphatic rings. The van der Waals surface area contributed by atoms with E-state index >= 15 is 0 Å². The van der Waals surface area contributed by atoms with Crippen LogP contribution in [0.4, 0.5) is 5.69 Å². The zero-order valence-corrected chi connectivity index (χ0v) is 10.9. The van der Waals surface area contributed by atoms with Crippen molar-refractivity contribution in [2.45, 2.75) is 25.3 Å². The predicted octanol–water partition coefficient (Wildman–Crippen LogP) is 3.05. The monoisotopic (exact) mass is 284 g/mol. The number of benzene rings is 1. The molecule has 1 fully saturated rings. The molecule has 0 atom stereocenters. The van der Waals surface area contributed by atoms with Crippen LogP contribution in [-0.4, -0.2) is 10.5 Å². The van der Waals surface area contributed by atoms with Crippen molar-refractivity contribution in [2.75, 3.05) is 5.32 Å². The Kier molecular flexibility index (Phi) is 2.73. The van der Waals surface area contributed by atoms with Gasteiger partial charge in [-0.2, -0.15) is 0 Å². The third kappa shape index (κ3) is 2.49. The molecule has 0 heterocycles. The van der Waals surface area contributed by atoms with E-state index in [0.717, 1.165) is 15.7 Å². The van der Waals surface area contributed by atoms with Crippen molar-refractivity contribution in [2.24, 2.45) is 5.73 Å². The Labute approximate surface area is 103 Å². The van der Waals surface area contributed by atoms with Gasteiger partial charge in [0.15, 0.2) is 0 Å². The quantitative estimate of drug-likeness (QED) is 0.838. The van der Waals surface area contributed by atoms with Crippen LogP contribution in [0.5, 0.6) is 0 Å². The summed E-state index contributed by atoms with van der Waals surface area (Å²) in [7, 11) is 0. The summed E-state index contributed by atoms with van der Waals surface area (Å²) in [6, 6.07) is 5.99. The second kappa shape index (κ2) is 3.76. The fraction of sp³-hybridized carbons (Fsp3) is 0.364. The normalized spacial score (nSPS) is 17.2. The Balaban J connectivity index is 2.21. The Morgan fingerprint density at radius 1 is 1.53 bits per heavy atom. The summed E-state index contributed by atoms with van der Waals surface area (Å²) in [5.41, 5.74) is 7.88.